The molecule has 0 unspecified atom stereocenters. The molecule has 240 valence electrons. The summed E-state index contributed by atoms with van der Waals surface area (Å²) in [7, 11) is 4.64. The van der Waals surface area contributed by atoms with Crippen LogP contribution in [0.1, 0.15) is 29.5 Å². The number of nitro groups is 1. The van der Waals surface area contributed by atoms with E-state index in [0.29, 0.717) is 39.0 Å². The Labute approximate surface area is 271 Å². The predicted molar refractivity (Wildman–Crippen MR) is 173 cm³/mol. The van der Waals surface area contributed by atoms with Gasteiger partial charge in [0.15, 0.2) is 0 Å². The average Bonchev–Trinajstić information content (AvgIpc) is 3.09. The highest BCUT2D eigenvalue weighted by atomic mass is 32.2. The van der Waals surface area contributed by atoms with Crippen molar-refractivity contribution in [2.45, 2.75) is 31.0 Å². The lowest BCUT2D eigenvalue weighted by Crippen LogP contribution is -2.44. The molecule has 11 heteroatoms. The molecule has 0 aliphatic rings. The summed E-state index contributed by atoms with van der Waals surface area (Å²) in [5.74, 6) is 0.0757. The Balaban J connectivity index is 1.71. The molecule has 0 saturated heterocycles. The number of hydrogen-bond acceptors (Lipinski definition) is 10. The summed E-state index contributed by atoms with van der Waals surface area (Å²) in [5.41, 5.74) is -0.181. The topological polar surface area (TPSA) is 123 Å². The molecule has 0 aromatic heterocycles. The van der Waals surface area contributed by atoms with Crippen molar-refractivity contribution >= 4 is 22.8 Å². The second kappa shape index (κ2) is 15.8. The van der Waals surface area contributed by atoms with E-state index in [2.05, 4.69) is 0 Å². The first kappa shape index (κ1) is 33.9. The summed E-state index contributed by atoms with van der Waals surface area (Å²) >= 11 is 0.807. The Kier molecular flexibility index (Phi) is 11.6. The van der Waals surface area contributed by atoms with Crippen LogP contribution in [-0.2, 0) is 27.5 Å². The normalized spacial score (nSPS) is 12.7. The molecule has 10 nitrogen and oxygen atoms in total. The Morgan fingerprint density at radius 3 is 1.78 bits per heavy atom. The lowest BCUT2D eigenvalue weighted by atomic mass is 9.73. The fourth-order valence-corrected chi connectivity index (χ4v) is 5.69. The quantitative estimate of drug-likeness (QED) is 0.0452. The SMILES string of the molecule is COc1ccc(COC(=O)[C@@](C)(C(=O)Sc2ccc(OC)cc2)[C@@H](C[N+](=O)[O-])c2ccccc2OCc2ccc(OC)cc2)cc1. The number of esters is 1. The molecule has 0 N–H and O–H groups in total. The van der Waals surface area contributed by atoms with Gasteiger partial charge in [0.05, 0.1) is 27.2 Å². The number of para-hydroxylation sites is 1. The van der Waals surface area contributed by atoms with E-state index in [-0.39, 0.29) is 13.2 Å². The average molecular weight is 646 g/mol. The molecule has 0 aliphatic heterocycles. The minimum atomic E-state index is -2.00. The van der Waals surface area contributed by atoms with Crippen molar-refractivity contribution in [1.82, 2.24) is 0 Å². The van der Waals surface area contributed by atoms with Gasteiger partial charge in [0.2, 0.25) is 11.7 Å². The van der Waals surface area contributed by atoms with Crippen LogP contribution < -0.4 is 18.9 Å². The first-order chi connectivity index (χ1) is 22.2. The van der Waals surface area contributed by atoms with E-state index >= 15 is 0 Å². The lowest BCUT2D eigenvalue weighted by Gasteiger charge is -2.32. The van der Waals surface area contributed by atoms with Crippen molar-refractivity contribution in [1.29, 1.82) is 0 Å². The van der Waals surface area contributed by atoms with Crippen LogP contribution in [0, 0.1) is 15.5 Å². The Morgan fingerprint density at radius 2 is 1.26 bits per heavy atom. The van der Waals surface area contributed by atoms with Gasteiger partial charge in [-0.25, -0.2) is 0 Å². The minimum Gasteiger partial charge on any atom is -0.497 e. The third-order valence-corrected chi connectivity index (χ3v) is 8.64. The van der Waals surface area contributed by atoms with Crippen LogP contribution >= 0.6 is 11.8 Å². The predicted octanol–water partition coefficient (Wildman–Crippen LogP) is 6.72. The van der Waals surface area contributed by atoms with Gasteiger partial charge in [0, 0.05) is 15.4 Å². The largest absolute Gasteiger partial charge is 0.497 e. The zero-order valence-corrected chi connectivity index (χ0v) is 26.8. The number of rotatable bonds is 15. The van der Waals surface area contributed by atoms with Crippen LogP contribution in [0.4, 0.5) is 0 Å². The Bertz CT molecular complexity index is 1630. The highest BCUT2D eigenvalue weighted by molar-refractivity contribution is 8.13. The molecule has 4 rings (SSSR count). The van der Waals surface area contributed by atoms with Gasteiger partial charge in [0.25, 0.3) is 0 Å². The number of carbonyl (C=O) groups excluding carboxylic acids is 2. The molecule has 0 aliphatic carbocycles. The fraction of sp³-hybridized carbons (Fsp3) is 0.257. The molecular formula is C35H35NO9S. The van der Waals surface area contributed by atoms with Crippen molar-refractivity contribution in [3.8, 4) is 23.0 Å². The lowest BCUT2D eigenvalue weighted by molar-refractivity contribution is -0.485. The van der Waals surface area contributed by atoms with E-state index < -0.39 is 33.9 Å². The van der Waals surface area contributed by atoms with Gasteiger partial charge < -0.3 is 23.7 Å². The Morgan fingerprint density at radius 1 is 0.761 bits per heavy atom. The van der Waals surface area contributed by atoms with Crippen LogP contribution in [0.5, 0.6) is 23.0 Å². The molecule has 0 saturated carbocycles. The zero-order valence-electron chi connectivity index (χ0n) is 26.0. The standard InChI is InChI=1S/C35H35NO9S/c1-35(34(38)46-29-19-17-28(43-4)18-20-29,33(37)45-23-25-11-15-27(42-3)16-12-25)31(21-36(39)40)30-7-5-6-8-32(30)44-22-24-9-13-26(41-2)14-10-24/h5-20,31H,21-23H2,1-4H3/t31-,35-/m0/s1. The van der Waals surface area contributed by atoms with Crippen molar-refractivity contribution in [3.63, 3.8) is 0 Å². The fourth-order valence-electron chi connectivity index (χ4n) is 4.77. The molecule has 0 heterocycles. The number of thioether (sulfide) groups is 1. The highest BCUT2D eigenvalue weighted by Gasteiger charge is 2.53. The number of methoxy groups -OCH3 is 3. The van der Waals surface area contributed by atoms with E-state index in [1.54, 1.807) is 99.1 Å². The maximum atomic E-state index is 14.2. The summed E-state index contributed by atoms with van der Waals surface area (Å²) in [6.45, 7) is 0.654. The van der Waals surface area contributed by atoms with Gasteiger partial charge in [-0.15, -0.1) is 0 Å². The molecule has 0 amide bonds. The zero-order chi connectivity index (χ0) is 33.1. The van der Waals surface area contributed by atoms with E-state index in [1.165, 1.54) is 14.0 Å². The molecule has 0 radical (unpaired) electrons. The van der Waals surface area contributed by atoms with Crippen LogP contribution in [0.15, 0.2) is 102 Å². The maximum Gasteiger partial charge on any atom is 0.321 e. The van der Waals surface area contributed by atoms with Crippen LogP contribution in [-0.4, -0.2) is 43.9 Å². The van der Waals surface area contributed by atoms with Crippen LogP contribution in [0.3, 0.4) is 0 Å². The van der Waals surface area contributed by atoms with Gasteiger partial charge in [-0.2, -0.15) is 0 Å². The molecule has 0 fully saturated rings. The molecular weight excluding hydrogens is 610 g/mol. The van der Waals surface area contributed by atoms with Crippen molar-refractivity contribution < 1.29 is 38.2 Å². The molecule has 0 spiro atoms. The molecule has 4 aromatic carbocycles. The van der Waals surface area contributed by atoms with E-state index in [1.807, 2.05) is 12.1 Å². The van der Waals surface area contributed by atoms with E-state index in [4.69, 9.17) is 23.7 Å². The van der Waals surface area contributed by atoms with Crippen molar-refractivity contribution in [2.75, 3.05) is 27.9 Å². The summed E-state index contributed by atoms with van der Waals surface area (Å²) < 4.78 is 27.5. The summed E-state index contributed by atoms with van der Waals surface area (Å²) in [6.07, 6.45) is 0. The van der Waals surface area contributed by atoms with Crippen LogP contribution in [0.2, 0.25) is 0 Å². The van der Waals surface area contributed by atoms with E-state index in [9.17, 15) is 19.7 Å². The summed E-state index contributed by atoms with van der Waals surface area (Å²) in [4.78, 5) is 40.4. The molecule has 0 bridgehead atoms. The van der Waals surface area contributed by atoms with Crippen LogP contribution in [0.25, 0.3) is 0 Å². The summed E-state index contributed by atoms with van der Waals surface area (Å²) in [6, 6.07) is 27.6. The van der Waals surface area contributed by atoms with Crippen molar-refractivity contribution in [2.24, 2.45) is 5.41 Å². The highest BCUT2D eigenvalue weighted by Crippen LogP contribution is 2.46. The first-order valence-electron chi connectivity index (χ1n) is 14.3. The minimum absolute atomic E-state index is 0.138. The van der Waals surface area contributed by atoms with Crippen molar-refractivity contribution in [3.05, 3.63) is 124 Å². The smallest absolute Gasteiger partial charge is 0.321 e. The second-order valence-corrected chi connectivity index (χ2v) is 11.5. The maximum absolute atomic E-state index is 14.2. The second-order valence-electron chi connectivity index (χ2n) is 10.4. The number of nitrogens with zero attached hydrogens (tertiary/aromatic N) is 1. The number of hydrogen-bond donors (Lipinski definition) is 0. The van der Waals surface area contributed by atoms with Gasteiger partial charge in [-0.3, -0.25) is 19.7 Å². The Hall–Kier alpha value is -5.03. The first-order valence-corrected chi connectivity index (χ1v) is 15.1. The monoisotopic (exact) mass is 645 g/mol. The molecule has 46 heavy (non-hydrogen) atoms. The third kappa shape index (κ3) is 8.36. The van der Waals surface area contributed by atoms with Gasteiger partial charge >= 0.3 is 5.97 Å². The number of benzene rings is 4. The number of ether oxygens (including phenoxy) is 5. The van der Waals surface area contributed by atoms with E-state index in [0.717, 1.165) is 17.3 Å². The van der Waals surface area contributed by atoms with Gasteiger partial charge in [0.1, 0.15) is 41.6 Å². The molecule has 4 aromatic rings. The third-order valence-electron chi connectivity index (χ3n) is 7.52. The van der Waals surface area contributed by atoms with Gasteiger partial charge in [-0.05, 0) is 72.6 Å². The molecule has 2 atom stereocenters. The summed E-state index contributed by atoms with van der Waals surface area (Å²) in [5, 5.41) is 11.5. The van der Waals surface area contributed by atoms with Gasteiger partial charge in [-0.1, -0.05) is 54.2 Å². The number of carbonyl (C=O) groups is 2.